The summed E-state index contributed by atoms with van der Waals surface area (Å²) in [6, 6.07) is -0.537. The molecule has 6 heteroatoms. The number of rotatable bonds is 66. The lowest BCUT2D eigenvalue weighted by atomic mass is 10.0. The first kappa shape index (κ1) is 74.6. The van der Waals surface area contributed by atoms with Crippen molar-refractivity contribution in [3.63, 3.8) is 0 Å². The van der Waals surface area contributed by atoms with Gasteiger partial charge in [-0.2, -0.15) is 0 Å². The Hall–Kier alpha value is -1.40. The molecule has 76 heavy (non-hydrogen) atoms. The van der Waals surface area contributed by atoms with E-state index in [1.54, 1.807) is 0 Å². The van der Waals surface area contributed by atoms with Crippen LogP contribution in [0.5, 0.6) is 0 Å². The van der Waals surface area contributed by atoms with Crippen LogP contribution in [0.15, 0.2) is 12.2 Å². The lowest BCUT2D eigenvalue weighted by Crippen LogP contribution is -2.45. The van der Waals surface area contributed by atoms with Crippen molar-refractivity contribution in [1.82, 2.24) is 5.32 Å². The third-order valence-corrected chi connectivity index (χ3v) is 16.6. The number of nitrogens with one attached hydrogen (secondary N) is 1. The summed E-state index contributed by atoms with van der Waals surface area (Å²) in [7, 11) is 0. The highest BCUT2D eigenvalue weighted by molar-refractivity contribution is 5.76. The first-order valence-corrected chi connectivity index (χ1v) is 34.9. The van der Waals surface area contributed by atoms with Gasteiger partial charge in [-0.3, -0.25) is 9.59 Å². The summed E-state index contributed by atoms with van der Waals surface area (Å²) in [6.07, 6.45) is 81.3. The van der Waals surface area contributed by atoms with Crippen molar-refractivity contribution in [3.05, 3.63) is 12.2 Å². The summed E-state index contributed by atoms with van der Waals surface area (Å²) in [5, 5.41) is 23.3. The van der Waals surface area contributed by atoms with Crippen LogP contribution in [0.3, 0.4) is 0 Å². The summed E-state index contributed by atoms with van der Waals surface area (Å²) in [4.78, 5) is 24.5. The molecule has 3 N–H and O–H groups in total. The summed E-state index contributed by atoms with van der Waals surface area (Å²) in [6.45, 7) is 4.99. The molecular weight excluding hydrogens is 935 g/mol. The standard InChI is InChI=1S/C70H137NO5/c1-3-5-7-9-11-13-15-38-42-46-50-54-58-62-68(73)67(66-72)71-69(74)63-59-55-51-47-43-40-36-34-32-30-28-26-24-22-20-18-17-19-21-23-25-27-29-31-33-35-37-41-45-49-53-57-61-65-76-70(75)64-60-56-52-48-44-39-16-14-12-10-8-6-4-2/h21,23,67-68,72-73H,3-20,22,24-66H2,1-2H3,(H,71,74)/b23-21-. The molecule has 0 fully saturated rings. The normalized spacial score (nSPS) is 12.5. The van der Waals surface area contributed by atoms with Gasteiger partial charge >= 0.3 is 5.97 Å². The Bertz CT molecular complexity index is 1140. The summed E-state index contributed by atoms with van der Waals surface area (Å²) >= 11 is 0. The molecule has 6 nitrogen and oxygen atoms in total. The summed E-state index contributed by atoms with van der Waals surface area (Å²) in [5.41, 5.74) is 0. The molecule has 0 aliphatic rings. The monoisotopic (exact) mass is 1070 g/mol. The maximum atomic E-state index is 12.5. The van der Waals surface area contributed by atoms with Gasteiger partial charge in [0.15, 0.2) is 0 Å². The van der Waals surface area contributed by atoms with Gasteiger partial charge in [-0.1, -0.05) is 347 Å². The first-order chi connectivity index (χ1) is 37.5. The summed E-state index contributed by atoms with van der Waals surface area (Å²) < 4.78 is 5.49. The van der Waals surface area contributed by atoms with Crippen LogP contribution in [-0.2, 0) is 14.3 Å². The van der Waals surface area contributed by atoms with Crippen LogP contribution in [0, 0.1) is 0 Å². The molecule has 2 atom stereocenters. The van der Waals surface area contributed by atoms with E-state index < -0.39 is 12.1 Å². The van der Waals surface area contributed by atoms with Gasteiger partial charge in [0.2, 0.25) is 5.91 Å². The number of carbonyl (C=O) groups is 2. The maximum Gasteiger partial charge on any atom is 0.305 e. The van der Waals surface area contributed by atoms with Gasteiger partial charge in [-0.05, 0) is 51.4 Å². The van der Waals surface area contributed by atoms with E-state index in [0.717, 1.165) is 38.5 Å². The van der Waals surface area contributed by atoms with Crippen molar-refractivity contribution >= 4 is 11.9 Å². The molecular formula is C70H137NO5. The fourth-order valence-electron chi connectivity index (χ4n) is 11.2. The van der Waals surface area contributed by atoms with E-state index in [1.807, 2.05) is 0 Å². The second kappa shape index (κ2) is 66.1. The summed E-state index contributed by atoms with van der Waals surface area (Å²) in [5.74, 6) is -0.00849. The lowest BCUT2D eigenvalue weighted by Gasteiger charge is -2.22. The molecule has 0 aromatic carbocycles. The molecule has 0 aromatic heterocycles. The number of ether oxygens (including phenoxy) is 1. The minimum atomic E-state index is -0.660. The number of allylic oxidation sites excluding steroid dienone is 2. The van der Waals surface area contributed by atoms with E-state index in [9.17, 15) is 19.8 Å². The first-order valence-electron chi connectivity index (χ1n) is 34.9. The fraction of sp³-hybridized carbons (Fsp3) is 0.943. The predicted molar refractivity (Wildman–Crippen MR) is 333 cm³/mol. The Balaban J connectivity index is 3.32. The van der Waals surface area contributed by atoms with Crippen molar-refractivity contribution in [2.75, 3.05) is 13.2 Å². The third-order valence-electron chi connectivity index (χ3n) is 16.6. The van der Waals surface area contributed by atoms with E-state index in [2.05, 4.69) is 31.3 Å². The van der Waals surface area contributed by atoms with Crippen molar-refractivity contribution in [3.8, 4) is 0 Å². The SMILES string of the molecule is CCCCCCCCCCCCCCCC(=O)OCCCCCCCCCCCCCC/C=C\CCCCCCCCCCCCCCCCCCCC(=O)NC(CO)C(O)CCCCCCCCCCCCCCC. The molecule has 0 aliphatic carbocycles. The van der Waals surface area contributed by atoms with Gasteiger partial charge in [-0.25, -0.2) is 0 Å². The Morgan fingerprint density at radius 3 is 0.934 bits per heavy atom. The van der Waals surface area contributed by atoms with Gasteiger partial charge in [0.25, 0.3) is 0 Å². The minimum Gasteiger partial charge on any atom is -0.466 e. The molecule has 0 radical (unpaired) electrons. The largest absolute Gasteiger partial charge is 0.466 e. The number of hydrogen-bond donors (Lipinski definition) is 3. The Morgan fingerprint density at radius 2 is 0.618 bits per heavy atom. The molecule has 1 amide bonds. The number of carbonyl (C=O) groups excluding carboxylic acids is 2. The molecule has 2 unspecified atom stereocenters. The van der Waals surface area contributed by atoms with Crippen LogP contribution in [0.2, 0.25) is 0 Å². The van der Waals surface area contributed by atoms with Crippen molar-refractivity contribution in [1.29, 1.82) is 0 Å². The number of hydrogen-bond acceptors (Lipinski definition) is 5. The molecule has 452 valence electrons. The Labute approximate surface area is 476 Å². The minimum absolute atomic E-state index is 0.0210. The van der Waals surface area contributed by atoms with Gasteiger partial charge in [0, 0.05) is 12.8 Å². The van der Waals surface area contributed by atoms with Crippen LogP contribution < -0.4 is 5.32 Å². The van der Waals surface area contributed by atoms with Gasteiger partial charge < -0.3 is 20.3 Å². The zero-order valence-corrected chi connectivity index (χ0v) is 51.8. The number of esters is 1. The quantitative estimate of drug-likeness (QED) is 0.0320. The third kappa shape index (κ3) is 61.8. The van der Waals surface area contributed by atoms with E-state index in [1.165, 1.54) is 327 Å². The van der Waals surface area contributed by atoms with E-state index in [0.29, 0.717) is 25.9 Å². The van der Waals surface area contributed by atoms with Crippen LogP contribution in [0.25, 0.3) is 0 Å². The highest BCUT2D eigenvalue weighted by atomic mass is 16.5. The topological polar surface area (TPSA) is 95.9 Å². The molecule has 0 saturated carbocycles. The van der Waals surface area contributed by atoms with Gasteiger partial charge in [-0.15, -0.1) is 0 Å². The average Bonchev–Trinajstić information content (AvgIpc) is 3.42. The number of amides is 1. The van der Waals surface area contributed by atoms with Gasteiger partial charge in [0.1, 0.15) is 0 Å². The van der Waals surface area contributed by atoms with E-state index in [-0.39, 0.29) is 18.5 Å². The second-order valence-electron chi connectivity index (χ2n) is 24.2. The zero-order valence-electron chi connectivity index (χ0n) is 51.8. The fourth-order valence-corrected chi connectivity index (χ4v) is 11.2. The molecule has 0 heterocycles. The zero-order chi connectivity index (χ0) is 55.0. The number of unbranched alkanes of at least 4 members (excludes halogenated alkanes) is 53. The van der Waals surface area contributed by atoms with Crippen molar-refractivity contribution in [2.45, 2.75) is 411 Å². The van der Waals surface area contributed by atoms with E-state index in [4.69, 9.17) is 4.74 Å². The van der Waals surface area contributed by atoms with Crippen LogP contribution in [0.4, 0.5) is 0 Å². The molecule has 0 rings (SSSR count). The van der Waals surface area contributed by atoms with E-state index >= 15 is 0 Å². The second-order valence-corrected chi connectivity index (χ2v) is 24.2. The number of aliphatic hydroxyl groups is 2. The predicted octanol–water partition coefficient (Wildman–Crippen LogP) is 22.4. The maximum absolute atomic E-state index is 12.5. The van der Waals surface area contributed by atoms with Crippen molar-refractivity contribution in [2.24, 2.45) is 0 Å². The molecule has 0 bridgehead atoms. The highest BCUT2D eigenvalue weighted by Crippen LogP contribution is 2.19. The molecule has 0 saturated heterocycles. The molecule has 0 aromatic rings. The average molecular weight is 1070 g/mol. The molecule has 0 aliphatic heterocycles. The van der Waals surface area contributed by atoms with Crippen molar-refractivity contribution < 1.29 is 24.5 Å². The highest BCUT2D eigenvalue weighted by Gasteiger charge is 2.20. The Morgan fingerprint density at radius 1 is 0.355 bits per heavy atom. The van der Waals surface area contributed by atoms with Gasteiger partial charge in [0.05, 0.1) is 25.4 Å². The van der Waals surface area contributed by atoms with Crippen LogP contribution in [-0.4, -0.2) is 47.4 Å². The lowest BCUT2D eigenvalue weighted by molar-refractivity contribution is -0.143. The van der Waals surface area contributed by atoms with Crippen LogP contribution in [0.1, 0.15) is 399 Å². The Kier molecular flexibility index (Phi) is 64.9. The smallest absolute Gasteiger partial charge is 0.305 e. The number of aliphatic hydroxyl groups excluding tert-OH is 2. The van der Waals surface area contributed by atoms with Crippen LogP contribution >= 0.6 is 0 Å². The molecule has 0 spiro atoms.